The van der Waals surface area contributed by atoms with Gasteiger partial charge in [0.25, 0.3) is 0 Å². The van der Waals surface area contributed by atoms with Crippen molar-refractivity contribution < 1.29 is 19.4 Å². The lowest BCUT2D eigenvalue weighted by Crippen LogP contribution is -2.42. The molecule has 2 aromatic rings. The number of carbonyl (C=O) groups is 1. The number of aliphatic hydroxyl groups is 1. The summed E-state index contributed by atoms with van der Waals surface area (Å²) in [7, 11) is 0. The number of aliphatic hydroxyl groups excluding tert-OH is 1. The number of nitrogens with zero attached hydrogens (tertiary/aromatic N) is 3. The van der Waals surface area contributed by atoms with Crippen LogP contribution in [0.25, 0.3) is 11.4 Å². The molecular formula is C23H31N3O4. The van der Waals surface area contributed by atoms with E-state index < -0.39 is 11.7 Å². The minimum atomic E-state index is -0.533. The van der Waals surface area contributed by atoms with E-state index in [0.717, 1.165) is 24.0 Å². The third kappa shape index (κ3) is 6.16. The first-order chi connectivity index (χ1) is 14.2. The molecule has 0 radical (unpaired) electrons. The molecule has 1 atom stereocenters. The summed E-state index contributed by atoms with van der Waals surface area (Å²) >= 11 is 0. The van der Waals surface area contributed by atoms with Crippen LogP contribution in [0.5, 0.6) is 5.75 Å². The van der Waals surface area contributed by atoms with Gasteiger partial charge in [-0.15, -0.1) is 0 Å². The standard InChI is InChI=1S/C23H31N3O4/c1-16(27)18-6-5-7-19(12-18)21-24-13-20(14-25-21)29-15-17-8-10-26(11-9-17)22(28)30-23(2,3)4/h5-7,12-14,16-17,27H,8-11,15H2,1-4H3. The van der Waals surface area contributed by atoms with Crippen molar-refractivity contribution in [2.75, 3.05) is 19.7 Å². The summed E-state index contributed by atoms with van der Waals surface area (Å²) in [5.41, 5.74) is 1.21. The van der Waals surface area contributed by atoms with Crippen LogP contribution >= 0.6 is 0 Å². The van der Waals surface area contributed by atoms with E-state index in [0.29, 0.717) is 37.2 Å². The maximum atomic E-state index is 12.1. The van der Waals surface area contributed by atoms with E-state index in [9.17, 15) is 9.90 Å². The highest BCUT2D eigenvalue weighted by Gasteiger charge is 2.27. The number of rotatable bonds is 5. The fourth-order valence-electron chi connectivity index (χ4n) is 3.30. The average molecular weight is 414 g/mol. The van der Waals surface area contributed by atoms with Crippen LogP contribution in [0.2, 0.25) is 0 Å². The number of hydrogen-bond acceptors (Lipinski definition) is 6. The van der Waals surface area contributed by atoms with Gasteiger partial charge in [0.2, 0.25) is 0 Å². The molecule has 1 N–H and O–H groups in total. The molecular weight excluding hydrogens is 382 g/mol. The molecule has 0 saturated carbocycles. The molecule has 162 valence electrons. The van der Waals surface area contributed by atoms with Crippen molar-refractivity contribution in [1.82, 2.24) is 14.9 Å². The molecule has 1 aliphatic rings. The number of piperidine rings is 1. The van der Waals surface area contributed by atoms with E-state index >= 15 is 0 Å². The molecule has 0 aliphatic carbocycles. The Morgan fingerprint density at radius 3 is 2.50 bits per heavy atom. The first kappa shape index (κ1) is 22.0. The molecule has 1 fully saturated rings. The Balaban J connectivity index is 1.48. The zero-order valence-electron chi connectivity index (χ0n) is 18.2. The van der Waals surface area contributed by atoms with Crippen LogP contribution in [0, 0.1) is 5.92 Å². The lowest BCUT2D eigenvalue weighted by molar-refractivity contribution is 0.0165. The van der Waals surface area contributed by atoms with Crippen LogP contribution < -0.4 is 4.74 Å². The molecule has 0 spiro atoms. The zero-order chi connectivity index (χ0) is 21.7. The van der Waals surface area contributed by atoms with Gasteiger partial charge < -0.3 is 19.5 Å². The highest BCUT2D eigenvalue weighted by atomic mass is 16.6. The number of carbonyl (C=O) groups excluding carboxylic acids is 1. The largest absolute Gasteiger partial charge is 0.490 e. The fourth-order valence-corrected chi connectivity index (χ4v) is 3.30. The van der Waals surface area contributed by atoms with E-state index in [2.05, 4.69) is 9.97 Å². The summed E-state index contributed by atoms with van der Waals surface area (Å²) in [6.45, 7) is 9.29. The van der Waals surface area contributed by atoms with Gasteiger partial charge in [0, 0.05) is 18.7 Å². The monoisotopic (exact) mass is 413 g/mol. The van der Waals surface area contributed by atoms with Crippen molar-refractivity contribution >= 4 is 6.09 Å². The van der Waals surface area contributed by atoms with Crippen LogP contribution in [0.15, 0.2) is 36.7 Å². The Kier molecular flexibility index (Phi) is 6.92. The van der Waals surface area contributed by atoms with E-state index in [4.69, 9.17) is 9.47 Å². The summed E-state index contributed by atoms with van der Waals surface area (Å²) in [5.74, 6) is 1.60. The van der Waals surface area contributed by atoms with Crippen molar-refractivity contribution in [3.63, 3.8) is 0 Å². The first-order valence-electron chi connectivity index (χ1n) is 10.4. The molecule has 30 heavy (non-hydrogen) atoms. The normalized spacial score (nSPS) is 16.2. The second-order valence-corrected chi connectivity index (χ2v) is 8.77. The van der Waals surface area contributed by atoms with Gasteiger partial charge in [0.15, 0.2) is 11.6 Å². The SMILES string of the molecule is CC(O)c1cccc(-c2ncc(OCC3CCN(C(=O)OC(C)(C)C)CC3)cn2)c1. The van der Waals surface area contributed by atoms with Crippen molar-refractivity contribution in [1.29, 1.82) is 0 Å². The Morgan fingerprint density at radius 2 is 1.90 bits per heavy atom. The molecule has 1 aromatic heterocycles. The third-order valence-corrected chi connectivity index (χ3v) is 5.01. The number of likely N-dealkylation sites (tertiary alicyclic amines) is 1. The van der Waals surface area contributed by atoms with Crippen LogP contribution in [-0.4, -0.2) is 51.4 Å². The van der Waals surface area contributed by atoms with Crippen LogP contribution in [0.4, 0.5) is 4.79 Å². The minimum absolute atomic E-state index is 0.245. The number of hydrogen-bond donors (Lipinski definition) is 1. The molecule has 7 heteroatoms. The molecule has 0 bridgehead atoms. The Morgan fingerprint density at radius 1 is 1.23 bits per heavy atom. The molecule has 1 amide bonds. The van der Waals surface area contributed by atoms with Crippen LogP contribution in [0.3, 0.4) is 0 Å². The highest BCUT2D eigenvalue weighted by Crippen LogP contribution is 2.23. The number of aromatic nitrogens is 2. The fraction of sp³-hybridized carbons (Fsp3) is 0.522. The van der Waals surface area contributed by atoms with Crippen LogP contribution in [-0.2, 0) is 4.74 Å². The summed E-state index contributed by atoms with van der Waals surface area (Å²) in [6.07, 6.45) is 4.33. The predicted octanol–water partition coefficient (Wildman–Crippen LogP) is 4.22. The van der Waals surface area contributed by atoms with Gasteiger partial charge in [-0.3, -0.25) is 0 Å². The Hall–Kier alpha value is -2.67. The van der Waals surface area contributed by atoms with Gasteiger partial charge in [-0.05, 0) is 58.1 Å². The average Bonchev–Trinajstić information content (AvgIpc) is 2.72. The van der Waals surface area contributed by atoms with Gasteiger partial charge in [0.05, 0.1) is 25.1 Å². The van der Waals surface area contributed by atoms with Gasteiger partial charge >= 0.3 is 6.09 Å². The number of benzene rings is 1. The number of ether oxygens (including phenoxy) is 2. The van der Waals surface area contributed by atoms with E-state index in [1.54, 1.807) is 24.2 Å². The van der Waals surface area contributed by atoms with Crippen molar-refractivity contribution in [3.8, 4) is 17.1 Å². The summed E-state index contributed by atoms with van der Waals surface area (Å²) < 4.78 is 11.3. The zero-order valence-corrected chi connectivity index (χ0v) is 18.2. The van der Waals surface area contributed by atoms with Gasteiger partial charge in [-0.25, -0.2) is 14.8 Å². The smallest absolute Gasteiger partial charge is 0.410 e. The molecule has 7 nitrogen and oxygen atoms in total. The molecule has 1 aromatic carbocycles. The second-order valence-electron chi connectivity index (χ2n) is 8.77. The first-order valence-corrected chi connectivity index (χ1v) is 10.4. The Bertz CT molecular complexity index is 838. The highest BCUT2D eigenvalue weighted by molar-refractivity contribution is 5.68. The van der Waals surface area contributed by atoms with E-state index in [1.165, 1.54) is 0 Å². The quantitative estimate of drug-likeness (QED) is 0.790. The predicted molar refractivity (Wildman–Crippen MR) is 114 cm³/mol. The molecule has 3 rings (SSSR count). The summed E-state index contributed by atoms with van der Waals surface area (Å²) in [6, 6.07) is 7.56. The molecule has 1 unspecified atom stereocenters. The second kappa shape index (κ2) is 9.43. The number of amides is 1. The van der Waals surface area contributed by atoms with Gasteiger partial charge in [0.1, 0.15) is 5.60 Å². The maximum absolute atomic E-state index is 12.1. The molecule has 2 heterocycles. The van der Waals surface area contributed by atoms with Gasteiger partial charge in [-0.2, -0.15) is 0 Å². The summed E-state index contributed by atoms with van der Waals surface area (Å²) in [5, 5.41) is 9.74. The van der Waals surface area contributed by atoms with Crippen molar-refractivity contribution in [2.45, 2.75) is 52.2 Å². The summed E-state index contributed by atoms with van der Waals surface area (Å²) in [4.78, 5) is 22.7. The Labute approximate surface area is 178 Å². The minimum Gasteiger partial charge on any atom is -0.490 e. The maximum Gasteiger partial charge on any atom is 0.410 e. The van der Waals surface area contributed by atoms with Crippen molar-refractivity contribution in [2.24, 2.45) is 5.92 Å². The van der Waals surface area contributed by atoms with Crippen molar-refractivity contribution in [3.05, 3.63) is 42.2 Å². The topological polar surface area (TPSA) is 84.8 Å². The van der Waals surface area contributed by atoms with E-state index in [1.807, 2.05) is 45.0 Å². The lowest BCUT2D eigenvalue weighted by Gasteiger charge is -2.33. The van der Waals surface area contributed by atoms with E-state index in [-0.39, 0.29) is 6.09 Å². The lowest BCUT2D eigenvalue weighted by atomic mass is 9.98. The third-order valence-electron chi connectivity index (χ3n) is 5.01. The van der Waals surface area contributed by atoms with Gasteiger partial charge in [-0.1, -0.05) is 18.2 Å². The molecule has 1 aliphatic heterocycles. The van der Waals surface area contributed by atoms with Crippen LogP contribution in [0.1, 0.15) is 52.2 Å². The molecule has 1 saturated heterocycles.